The van der Waals surface area contributed by atoms with Gasteiger partial charge in [0.1, 0.15) is 0 Å². The molecular weight excluding hydrogens is 220 g/mol. The lowest BCUT2D eigenvalue weighted by atomic mass is 10.2. The maximum absolute atomic E-state index is 10.1. The Hall–Kier alpha value is -2.36. The van der Waals surface area contributed by atoms with Gasteiger partial charge in [0.15, 0.2) is 0 Å². The summed E-state index contributed by atoms with van der Waals surface area (Å²) in [4.78, 5) is 19.6. The van der Waals surface area contributed by atoms with E-state index >= 15 is 0 Å². The molecular formula is C13H14O4. The molecule has 0 bridgehead atoms. The second-order valence-electron chi connectivity index (χ2n) is 2.92. The molecule has 0 aliphatic rings. The minimum atomic E-state index is -0.922. The predicted molar refractivity (Wildman–Crippen MR) is 65.6 cm³/mol. The van der Waals surface area contributed by atoms with E-state index in [2.05, 4.69) is 0 Å². The van der Waals surface area contributed by atoms with Crippen LogP contribution in [0.2, 0.25) is 0 Å². The number of carbonyl (C=O) groups is 2. The van der Waals surface area contributed by atoms with E-state index in [1.54, 1.807) is 13.0 Å². The molecule has 0 saturated carbocycles. The topological polar surface area (TPSA) is 74.6 Å². The monoisotopic (exact) mass is 234 g/mol. The number of hydrogen-bond acceptors (Lipinski definition) is 2. The van der Waals surface area contributed by atoms with Crippen molar-refractivity contribution in [2.45, 2.75) is 6.92 Å². The molecule has 0 aliphatic heterocycles. The second-order valence-corrected chi connectivity index (χ2v) is 2.92. The van der Waals surface area contributed by atoms with Crippen molar-refractivity contribution in [2.24, 2.45) is 0 Å². The number of benzene rings is 1. The predicted octanol–water partition coefficient (Wildman–Crippen LogP) is 2.43. The molecule has 4 heteroatoms. The Balaban J connectivity index is 0.000000366. The summed E-state index contributed by atoms with van der Waals surface area (Å²) in [5, 5.41) is 16.1. The van der Waals surface area contributed by atoms with E-state index < -0.39 is 11.9 Å². The van der Waals surface area contributed by atoms with Gasteiger partial charge in [-0.1, -0.05) is 36.4 Å². The van der Waals surface area contributed by atoms with Crippen LogP contribution in [0.1, 0.15) is 12.5 Å². The molecule has 0 unspecified atom stereocenters. The molecule has 90 valence electrons. The molecule has 2 N–H and O–H groups in total. The zero-order chi connectivity index (χ0) is 13.1. The van der Waals surface area contributed by atoms with Gasteiger partial charge in [0, 0.05) is 12.2 Å². The van der Waals surface area contributed by atoms with Gasteiger partial charge in [-0.2, -0.15) is 0 Å². The number of aliphatic carboxylic acids is 2. The van der Waals surface area contributed by atoms with Crippen molar-refractivity contribution in [3.8, 4) is 0 Å². The summed E-state index contributed by atoms with van der Waals surface area (Å²) >= 11 is 0. The zero-order valence-corrected chi connectivity index (χ0v) is 9.41. The molecule has 0 fully saturated rings. The first-order valence-corrected chi connectivity index (χ1v) is 4.88. The molecule has 0 heterocycles. The van der Waals surface area contributed by atoms with E-state index in [1.807, 2.05) is 30.3 Å². The van der Waals surface area contributed by atoms with Crippen LogP contribution in [-0.2, 0) is 9.59 Å². The first-order chi connectivity index (χ1) is 8.06. The Kier molecular flexibility index (Phi) is 7.67. The lowest BCUT2D eigenvalue weighted by Gasteiger charge is -1.87. The van der Waals surface area contributed by atoms with E-state index in [0.717, 1.165) is 17.7 Å². The Bertz CT molecular complexity index is 405. The summed E-state index contributed by atoms with van der Waals surface area (Å²) in [6.45, 7) is 1.66. The lowest BCUT2D eigenvalue weighted by molar-refractivity contribution is -0.132. The lowest BCUT2D eigenvalue weighted by Crippen LogP contribution is -1.85. The largest absolute Gasteiger partial charge is 0.478 e. The standard InChI is InChI=1S/C9H8O2.C4H6O2/c10-9(11)7-6-8-4-2-1-3-5-8;1-2-3-4(5)6/h1-7H,(H,10,11);2-3H,1H3,(H,5,6). The molecule has 4 nitrogen and oxygen atoms in total. The summed E-state index contributed by atoms with van der Waals surface area (Å²) in [5.41, 5.74) is 0.898. The van der Waals surface area contributed by atoms with Crippen LogP contribution in [0.5, 0.6) is 0 Å². The third-order valence-electron chi connectivity index (χ3n) is 1.53. The molecule has 0 atom stereocenters. The third-order valence-corrected chi connectivity index (χ3v) is 1.53. The van der Waals surface area contributed by atoms with E-state index in [4.69, 9.17) is 10.2 Å². The number of carboxylic acids is 2. The van der Waals surface area contributed by atoms with Crippen molar-refractivity contribution in [1.82, 2.24) is 0 Å². The highest BCUT2D eigenvalue weighted by atomic mass is 16.4. The Morgan fingerprint density at radius 3 is 1.88 bits per heavy atom. The summed E-state index contributed by atoms with van der Waals surface area (Å²) in [7, 11) is 0. The maximum atomic E-state index is 10.1. The number of hydrogen-bond donors (Lipinski definition) is 2. The van der Waals surface area contributed by atoms with Gasteiger partial charge in [-0.3, -0.25) is 0 Å². The fraction of sp³-hybridized carbons (Fsp3) is 0.0769. The average molecular weight is 234 g/mol. The van der Waals surface area contributed by atoms with E-state index in [-0.39, 0.29) is 0 Å². The van der Waals surface area contributed by atoms with Crippen molar-refractivity contribution < 1.29 is 19.8 Å². The average Bonchev–Trinajstić information content (AvgIpc) is 2.28. The van der Waals surface area contributed by atoms with Gasteiger partial charge in [0.2, 0.25) is 0 Å². The van der Waals surface area contributed by atoms with Crippen LogP contribution in [0.3, 0.4) is 0 Å². The molecule has 0 aliphatic carbocycles. The zero-order valence-electron chi connectivity index (χ0n) is 9.41. The molecule has 0 amide bonds. The minimum absolute atomic E-state index is 0.891. The molecule has 0 saturated heterocycles. The van der Waals surface area contributed by atoms with Gasteiger partial charge >= 0.3 is 11.9 Å². The maximum Gasteiger partial charge on any atom is 0.328 e. The normalized spacial score (nSPS) is 9.94. The van der Waals surface area contributed by atoms with Crippen molar-refractivity contribution in [2.75, 3.05) is 0 Å². The number of allylic oxidation sites excluding steroid dienone is 1. The van der Waals surface area contributed by atoms with Crippen LogP contribution in [0, 0.1) is 0 Å². The number of carboxylic acid groups (broad SMARTS) is 2. The molecule has 1 rings (SSSR count). The van der Waals surface area contributed by atoms with E-state index in [1.165, 1.54) is 6.08 Å². The quantitative estimate of drug-likeness (QED) is 0.787. The molecule has 1 aromatic rings. The SMILES string of the molecule is CC=CC(=O)O.O=C(O)C=Cc1ccccc1. The summed E-state index contributed by atoms with van der Waals surface area (Å²) in [6.07, 6.45) is 5.24. The molecule has 0 radical (unpaired) electrons. The van der Waals surface area contributed by atoms with Gasteiger partial charge in [-0.15, -0.1) is 0 Å². The van der Waals surface area contributed by atoms with Crippen LogP contribution >= 0.6 is 0 Å². The molecule has 17 heavy (non-hydrogen) atoms. The highest BCUT2D eigenvalue weighted by Gasteiger charge is 1.85. The van der Waals surface area contributed by atoms with Crippen LogP contribution in [-0.4, -0.2) is 22.2 Å². The Morgan fingerprint density at radius 1 is 1.00 bits per heavy atom. The minimum Gasteiger partial charge on any atom is -0.478 e. The summed E-state index contributed by atoms with van der Waals surface area (Å²) in [6, 6.07) is 9.31. The fourth-order valence-electron chi connectivity index (χ4n) is 0.874. The molecule has 1 aromatic carbocycles. The Labute approximate surface area is 99.5 Å². The first-order valence-electron chi connectivity index (χ1n) is 4.88. The third kappa shape index (κ3) is 9.93. The van der Waals surface area contributed by atoms with Crippen LogP contribution in [0.15, 0.2) is 48.6 Å². The van der Waals surface area contributed by atoms with E-state index in [9.17, 15) is 9.59 Å². The molecule has 0 spiro atoms. The highest BCUT2D eigenvalue weighted by Crippen LogP contribution is 1.99. The van der Waals surface area contributed by atoms with Crippen LogP contribution < -0.4 is 0 Å². The van der Waals surface area contributed by atoms with Crippen molar-refractivity contribution in [3.63, 3.8) is 0 Å². The highest BCUT2D eigenvalue weighted by molar-refractivity contribution is 5.85. The molecule has 0 aromatic heterocycles. The summed E-state index contributed by atoms with van der Waals surface area (Å²) in [5.74, 6) is -1.81. The fourth-order valence-corrected chi connectivity index (χ4v) is 0.874. The van der Waals surface area contributed by atoms with Gasteiger partial charge in [-0.25, -0.2) is 9.59 Å². The van der Waals surface area contributed by atoms with Crippen molar-refractivity contribution in [1.29, 1.82) is 0 Å². The first kappa shape index (κ1) is 14.6. The number of rotatable bonds is 3. The second kappa shape index (κ2) is 8.91. The van der Waals surface area contributed by atoms with Crippen LogP contribution in [0.25, 0.3) is 6.08 Å². The Morgan fingerprint density at radius 2 is 1.53 bits per heavy atom. The van der Waals surface area contributed by atoms with E-state index in [0.29, 0.717) is 0 Å². The summed E-state index contributed by atoms with van der Waals surface area (Å²) < 4.78 is 0. The van der Waals surface area contributed by atoms with Gasteiger partial charge in [0.25, 0.3) is 0 Å². The smallest absolute Gasteiger partial charge is 0.328 e. The van der Waals surface area contributed by atoms with Gasteiger partial charge in [0.05, 0.1) is 0 Å². The van der Waals surface area contributed by atoms with Gasteiger partial charge < -0.3 is 10.2 Å². The van der Waals surface area contributed by atoms with Gasteiger partial charge in [-0.05, 0) is 18.6 Å². The van der Waals surface area contributed by atoms with Crippen LogP contribution in [0.4, 0.5) is 0 Å². The van der Waals surface area contributed by atoms with Crippen molar-refractivity contribution in [3.05, 3.63) is 54.1 Å². The van der Waals surface area contributed by atoms with Crippen molar-refractivity contribution >= 4 is 18.0 Å².